The Morgan fingerprint density at radius 2 is 2.05 bits per heavy atom. The smallest absolute Gasteiger partial charge is 0.242 e. The lowest BCUT2D eigenvalue weighted by Crippen LogP contribution is -2.49. The number of benzene rings is 1. The van der Waals surface area contributed by atoms with Crippen LogP contribution in [0.1, 0.15) is 18.4 Å². The number of primary sulfonamides is 1. The number of sulfonamides is 1. The fourth-order valence-corrected chi connectivity index (χ4v) is 4.15. The van der Waals surface area contributed by atoms with Crippen molar-refractivity contribution in [3.8, 4) is 0 Å². The monoisotopic (exact) mass is 323 g/mol. The fraction of sp³-hybridized carbons (Fsp3) is 0.533. The van der Waals surface area contributed by atoms with Crippen LogP contribution < -0.4 is 10.0 Å². The van der Waals surface area contributed by atoms with Crippen LogP contribution in [0.15, 0.2) is 24.3 Å². The number of carbonyl (C=O) groups is 1. The van der Waals surface area contributed by atoms with Gasteiger partial charge in [-0.05, 0) is 30.9 Å². The summed E-state index contributed by atoms with van der Waals surface area (Å²) in [6.07, 6.45) is 2.17. The maximum atomic E-state index is 12.5. The normalized spacial score (nSPS) is 21.8. The van der Waals surface area contributed by atoms with Crippen LogP contribution in [0, 0.1) is 0 Å². The van der Waals surface area contributed by atoms with Gasteiger partial charge >= 0.3 is 0 Å². The largest absolute Gasteiger partial charge is 0.362 e. The summed E-state index contributed by atoms with van der Waals surface area (Å²) < 4.78 is 23.0. The van der Waals surface area contributed by atoms with Crippen LogP contribution >= 0.6 is 0 Å². The molecule has 1 aromatic carbocycles. The van der Waals surface area contributed by atoms with E-state index in [0.29, 0.717) is 25.9 Å². The highest BCUT2D eigenvalue weighted by atomic mass is 32.2. The molecule has 1 aromatic rings. The Morgan fingerprint density at radius 1 is 1.27 bits per heavy atom. The van der Waals surface area contributed by atoms with E-state index in [9.17, 15) is 13.2 Å². The Hall–Kier alpha value is -1.60. The van der Waals surface area contributed by atoms with Crippen molar-refractivity contribution in [1.29, 1.82) is 0 Å². The first-order valence-corrected chi connectivity index (χ1v) is 9.18. The van der Waals surface area contributed by atoms with Crippen molar-refractivity contribution in [3.63, 3.8) is 0 Å². The fourth-order valence-electron chi connectivity index (χ4n) is 3.27. The molecule has 22 heavy (non-hydrogen) atoms. The minimum absolute atomic E-state index is 0.0231. The summed E-state index contributed by atoms with van der Waals surface area (Å²) in [6, 6.07) is 8.09. The highest BCUT2D eigenvalue weighted by Gasteiger charge is 2.31. The molecule has 0 radical (unpaired) electrons. The molecular formula is C15H21N3O3S. The Balaban J connectivity index is 1.66. The Bertz CT molecular complexity index is 674. The predicted octanol–water partition coefficient (Wildman–Crippen LogP) is 0.329. The summed E-state index contributed by atoms with van der Waals surface area (Å²) in [5.74, 6) is -0.0231. The maximum absolute atomic E-state index is 12.5. The molecule has 0 unspecified atom stereocenters. The molecule has 1 saturated heterocycles. The van der Waals surface area contributed by atoms with E-state index >= 15 is 0 Å². The third-order valence-electron chi connectivity index (χ3n) is 4.50. The summed E-state index contributed by atoms with van der Waals surface area (Å²) in [5, 5.41) is 4.59. The number of carbonyl (C=O) groups excluding carboxylic acids is 1. The summed E-state index contributed by atoms with van der Waals surface area (Å²) in [5.41, 5.74) is 2.37. The van der Waals surface area contributed by atoms with E-state index in [1.807, 2.05) is 18.2 Å². The number of piperidine rings is 1. The van der Waals surface area contributed by atoms with Crippen LogP contribution in [0.2, 0.25) is 0 Å². The average Bonchev–Trinajstić information content (AvgIpc) is 2.90. The minimum atomic E-state index is -3.58. The van der Waals surface area contributed by atoms with Crippen molar-refractivity contribution >= 4 is 21.6 Å². The van der Waals surface area contributed by atoms with Gasteiger partial charge in [-0.3, -0.25) is 4.79 Å². The van der Waals surface area contributed by atoms with Gasteiger partial charge in [0, 0.05) is 25.3 Å². The molecular weight excluding hydrogens is 302 g/mol. The molecule has 2 heterocycles. The highest BCUT2D eigenvalue weighted by Crippen LogP contribution is 2.27. The van der Waals surface area contributed by atoms with Gasteiger partial charge < -0.3 is 9.80 Å². The maximum Gasteiger partial charge on any atom is 0.242 e. The third kappa shape index (κ3) is 3.10. The first-order chi connectivity index (χ1) is 10.4. The van der Waals surface area contributed by atoms with Crippen LogP contribution in [-0.4, -0.2) is 50.7 Å². The Labute approximate surface area is 130 Å². The number of para-hydroxylation sites is 1. The Morgan fingerprint density at radius 3 is 2.82 bits per heavy atom. The standard InChI is InChI=1S/C15H21N3O3S/c16-22(20,21)13-5-3-8-18(10-13)15(19)11-17-9-7-12-4-1-2-6-14(12)17/h1-2,4,6,13H,3,5,7-11H2,(H2,16,20,21)/t13-/m0/s1. The molecule has 1 amide bonds. The molecule has 2 N–H and O–H groups in total. The number of fused-ring (bicyclic) bond motifs is 1. The van der Waals surface area contributed by atoms with Crippen molar-refractivity contribution in [2.24, 2.45) is 5.14 Å². The molecule has 7 heteroatoms. The van der Waals surface area contributed by atoms with Gasteiger partial charge in [0.2, 0.25) is 15.9 Å². The van der Waals surface area contributed by atoms with Crippen LogP contribution in [0.3, 0.4) is 0 Å². The first-order valence-electron chi connectivity index (χ1n) is 7.57. The molecule has 6 nitrogen and oxygen atoms in total. The van der Waals surface area contributed by atoms with Gasteiger partial charge in [-0.25, -0.2) is 13.6 Å². The van der Waals surface area contributed by atoms with Crippen LogP contribution in [0.5, 0.6) is 0 Å². The zero-order chi connectivity index (χ0) is 15.7. The van der Waals surface area contributed by atoms with Crippen molar-refractivity contribution in [1.82, 2.24) is 4.90 Å². The highest BCUT2D eigenvalue weighted by molar-refractivity contribution is 7.89. The lowest BCUT2D eigenvalue weighted by atomic mass is 10.1. The van der Waals surface area contributed by atoms with Crippen molar-refractivity contribution < 1.29 is 13.2 Å². The quantitative estimate of drug-likeness (QED) is 0.869. The second-order valence-electron chi connectivity index (χ2n) is 5.99. The van der Waals surface area contributed by atoms with Crippen molar-refractivity contribution in [2.45, 2.75) is 24.5 Å². The second-order valence-corrected chi connectivity index (χ2v) is 7.84. The third-order valence-corrected chi connectivity index (χ3v) is 5.82. The number of anilines is 1. The molecule has 120 valence electrons. The van der Waals surface area contributed by atoms with Gasteiger partial charge in [0.1, 0.15) is 0 Å². The summed E-state index contributed by atoms with van der Waals surface area (Å²) >= 11 is 0. The van der Waals surface area contributed by atoms with Crippen LogP contribution in [-0.2, 0) is 21.2 Å². The number of hydrogen-bond acceptors (Lipinski definition) is 4. The van der Waals surface area contributed by atoms with E-state index in [1.54, 1.807) is 4.90 Å². The molecule has 0 bridgehead atoms. The number of rotatable bonds is 3. The molecule has 0 aromatic heterocycles. The van der Waals surface area contributed by atoms with E-state index in [4.69, 9.17) is 5.14 Å². The molecule has 0 saturated carbocycles. The molecule has 3 rings (SSSR count). The molecule has 0 aliphatic carbocycles. The molecule has 2 aliphatic heterocycles. The molecule has 0 spiro atoms. The number of hydrogen-bond donors (Lipinski definition) is 1. The second kappa shape index (κ2) is 5.89. The van der Waals surface area contributed by atoms with E-state index in [1.165, 1.54) is 5.56 Å². The lowest BCUT2D eigenvalue weighted by Gasteiger charge is -2.33. The summed E-state index contributed by atoms with van der Waals surface area (Å²) in [6.45, 7) is 1.96. The number of likely N-dealkylation sites (tertiary alicyclic amines) is 1. The van der Waals surface area contributed by atoms with E-state index < -0.39 is 15.3 Å². The van der Waals surface area contributed by atoms with E-state index in [0.717, 1.165) is 18.7 Å². The zero-order valence-electron chi connectivity index (χ0n) is 12.4. The zero-order valence-corrected chi connectivity index (χ0v) is 13.3. The average molecular weight is 323 g/mol. The van der Waals surface area contributed by atoms with Gasteiger partial charge in [-0.1, -0.05) is 18.2 Å². The topological polar surface area (TPSA) is 83.7 Å². The predicted molar refractivity (Wildman–Crippen MR) is 85.1 cm³/mol. The Kier molecular flexibility index (Phi) is 4.10. The SMILES string of the molecule is NS(=O)(=O)[C@H]1CCCN(C(=O)CN2CCc3ccccc32)C1. The van der Waals surface area contributed by atoms with Gasteiger partial charge in [0.15, 0.2) is 0 Å². The molecule has 2 aliphatic rings. The number of amides is 1. The van der Waals surface area contributed by atoms with Gasteiger partial charge in [-0.2, -0.15) is 0 Å². The lowest BCUT2D eigenvalue weighted by molar-refractivity contribution is -0.130. The van der Waals surface area contributed by atoms with E-state index in [2.05, 4.69) is 11.0 Å². The van der Waals surface area contributed by atoms with Gasteiger partial charge in [0.05, 0.1) is 11.8 Å². The number of nitrogens with zero attached hydrogens (tertiary/aromatic N) is 2. The minimum Gasteiger partial charge on any atom is -0.362 e. The first kappa shape index (κ1) is 15.3. The van der Waals surface area contributed by atoms with Crippen LogP contribution in [0.4, 0.5) is 5.69 Å². The van der Waals surface area contributed by atoms with Crippen molar-refractivity contribution in [3.05, 3.63) is 29.8 Å². The number of nitrogens with two attached hydrogens (primary N) is 1. The summed E-state index contributed by atoms with van der Waals surface area (Å²) in [4.78, 5) is 16.2. The van der Waals surface area contributed by atoms with E-state index in [-0.39, 0.29) is 12.5 Å². The van der Waals surface area contributed by atoms with Crippen molar-refractivity contribution in [2.75, 3.05) is 31.1 Å². The summed E-state index contributed by atoms with van der Waals surface area (Å²) in [7, 11) is -3.58. The van der Waals surface area contributed by atoms with Gasteiger partial charge in [-0.15, -0.1) is 0 Å². The molecule has 1 fully saturated rings. The molecule has 1 atom stereocenters. The van der Waals surface area contributed by atoms with Crippen LogP contribution in [0.25, 0.3) is 0 Å². The van der Waals surface area contributed by atoms with Gasteiger partial charge in [0.25, 0.3) is 0 Å².